The molecule has 1 heterocycles. The summed E-state index contributed by atoms with van der Waals surface area (Å²) in [6.07, 6.45) is 2.58. The van der Waals surface area contributed by atoms with Crippen molar-refractivity contribution < 1.29 is 8.78 Å². The molecule has 1 aromatic carbocycles. The zero-order valence-electron chi connectivity index (χ0n) is 11.3. The van der Waals surface area contributed by atoms with E-state index in [1.54, 1.807) is 24.0 Å². The average Bonchev–Trinajstić information content (AvgIpc) is 2.78. The predicted octanol–water partition coefficient (Wildman–Crippen LogP) is 3.64. The molecule has 2 aromatic rings. The summed E-state index contributed by atoms with van der Waals surface area (Å²) in [4.78, 5) is 0. The maximum Gasteiger partial charge on any atom is 0.163 e. The number of aromatic nitrogens is 2. The van der Waals surface area contributed by atoms with Gasteiger partial charge in [0.1, 0.15) is 0 Å². The van der Waals surface area contributed by atoms with E-state index in [4.69, 9.17) is 0 Å². The van der Waals surface area contributed by atoms with Crippen LogP contribution in [0.1, 0.15) is 30.6 Å². The van der Waals surface area contributed by atoms with Gasteiger partial charge >= 0.3 is 0 Å². The lowest BCUT2D eigenvalue weighted by molar-refractivity contribution is 0.474. The molecule has 1 atom stereocenters. The van der Waals surface area contributed by atoms with Crippen LogP contribution in [0.4, 0.5) is 8.78 Å². The first kappa shape index (κ1) is 15.1. The Morgan fingerprint density at radius 3 is 2.80 bits per heavy atom. The van der Waals surface area contributed by atoms with Crippen molar-refractivity contribution in [3.63, 3.8) is 0 Å². The molecule has 2 rings (SSSR count). The van der Waals surface area contributed by atoms with Crippen molar-refractivity contribution >= 4 is 15.9 Å². The van der Waals surface area contributed by atoms with E-state index in [2.05, 4.69) is 26.3 Å². The lowest BCUT2D eigenvalue weighted by Gasteiger charge is -2.20. The highest BCUT2D eigenvalue weighted by atomic mass is 79.9. The lowest BCUT2D eigenvalue weighted by atomic mass is 10.0. The van der Waals surface area contributed by atoms with E-state index in [0.29, 0.717) is 0 Å². The Bertz CT molecular complexity index is 598. The fourth-order valence-corrected chi connectivity index (χ4v) is 2.76. The Morgan fingerprint density at radius 1 is 1.40 bits per heavy atom. The van der Waals surface area contributed by atoms with Crippen LogP contribution in [-0.4, -0.2) is 16.8 Å². The van der Waals surface area contributed by atoms with Gasteiger partial charge in [-0.1, -0.05) is 19.1 Å². The molecule has 0 aliphatic carbocycles. The minimum atomic E-state index is -0.847. The van der Waals surface area contributed by atoms with E-state index in [-0.39, 0.29) is 5.56 Å². The summed E-state index contributed by atoms with van der Waals surface area (Å²) in [7, 11) is 1.71. The monoisotopic (exact) mass is 343 g/mol. The van der Waals surface area contributed by atoms with Crippen LogP contribution in [0.2, 0.25) is 0 Å². The molecule has 0 fully saturated rings. The number of rotatable bonds is 5. The van der Waals surface area contributed by atoms with E-state index in [0.717, 1.165) is 29.2 Å². The third kappa shape index (κ3) is 2.76. The number of halogens is 3. The molecule has 0 saturated heterocycles. The van der Waals surface area contributed by atoms with Crippen molar-refractivity contribution in [3.8, 4) is 0 Å². The Kier molecular flexibility index (Phi) is 4.88. The van der Waals surface area contributed by atoms with Gasteiger partial charge in [-0.25, -0.2) is 8.78 Å². The first-order valence-corrected chi connectivity index (χ1v) is 7.21. The summed E-state index contributed by atoms with van der Waals surface area (Å²) in [5.41, 5.74) is 1.06. The molecule has 1 N–H and O–H groups in total. The third-order valence-electron chi connectivity index (χ3n) is 3.12. The van der Waals surface area contributed by atoms with Crippen molar-refractivity contribution in [2.75, 3.05) is 7.05 Å². The Balaban J connectivity index is 2.52. The van der Waals surface area contributed by atoms with Crippen LogP contribution in [0.5, 0.6) is 0 Å². The summed E-state index contributed by atoms with van der Waals surface area (Å²) in [6.45, 7) is 2.76. The van der Waals surface area contributed by atoms with Gasteiger partial charge in [-0.15, -0.1) is 0 Å². The van der Waals surface area contributed by atoms with Gasteiger partial charge in [0, 0.05) is 12.1 Å². The normalized spacial score (nSPS) is 12.7. The van der Waals surface area contributed by atoms with Crippen molar-refractivity contribution in [3.05, 3.63) is 51.8 Å². The number of nitrogens with zero attached hydrogens (tertiary/aromatic N) is 2. The molecule has 1 unspecified atom stereocenters. The summed E-state index contributed by atoms with van der Waals surface area (Å²) < 4.78 is 30.0. The molecule has 3 nitrogen and oxygen atoms in total. The van der Waals surface area contributed by atoms with Crippen LogP contribution in [0.15, 0.2) is 28.9 Å². The van der Waals surface area contributed by atoms with Crippen LogP contribution in [-0.2, 0) is 6.54 Å². The predicted molar refractivity (Wildman–Crippen MR) is 77.5 cm³/mol. The topological polar surface area (TPSA) is 29.9 Å². The fraction of sp³-hybridized carbons (Fsp3) is 0.357. The molecule has 0 spiro atoms. The fourth-order valence-electron chi connectivity index (χ4n) is 2.23. The van der Waals surface area contributed by atoms with Crippen molar-refractivity contribution in [2.45, 2.75) is 25.9 Å². The molecule has 6 heteroatoms. The molecular weight excluding hydrogens is 328 g/mol. The van der Waals surface area contributed by atoms with Gasteiger partial charge in [-0.3, -0.25) is 4.68 Å². The SMILES string of the molecule is CCCn1ncc(Br)c1C(NC)c1cccc(F)c1F. The summed E-state index contributed by atoms with van der Waals surface area (Å²) in [6, 6.07) is 3.74. The highest BCUT2D eigenvalue weighted by Gasteiger charge is 2.24. The zero-order valence-corrected chi connectivity index (χ0v) is 12.9. The van der Waals surface area contributed by atoms with Gasteiger partial charge < -0.3 is 5.32 Å². The Hall–Kier alpha value is -1.27. The quantitative estimate of drug-likeness (QED) is 0.898. The number of hydrogen-bond acceptors (Lipinski definition) is 2. The molecule has 0 saturated carbocycles. The van der Waals surface area contributed by atoms with Crippen LogP contribution in [0, 0.1) is 11.6 Å². The maximum absolute atomic E-state index is 14.0. The van der Waals surface area contributed by atoms with Crippen molar-refractivity contribution in [1.82, 2.24) is 15.1 Å². The molecule has 0 aliphatic rings. The number of benzene rings is 1. The van der Waals surface area contributed by atoms with Crippen molar-refractivity contribution in [2.24, 2.45) is 0 Å². The maximum atomic E-state index is 14.0. The second-order valence-electron chi connectivity index (χ2n) is 4.47. The van der Waals surface area contributed by atoms with Crippen molar-refractivity contribution in [1.29, 1.82) is 0 Å². The summed E-state index contributed by atoms with van der Waals surface area (Å²) >= 11 is 3.43. The van der Waals surface area contributed by atoms with E-state index in [1.165, 1.54) is 6.07 Å². The number of hydrogen-bond donors (Lipinski definition) is 1. The van der Waals surface area contributed by atoms with Gasteiger partial charge in [0.2, 0.25) is 0 Å². The average molecular weight is 344 g/mol. The van der Waals surface area contributed by atoms with E-state index in [1.807, 2.05) is 6.92 Å². The molecule has 0 radical (unpaired) electrons. The van der Waals surface area contributed by atoms with Crippen LogP contribution in [0.25, 0.3) is 0 Å². The Morgan fingerprint density at radius 2 is 2.15 bits per heavy atom. The smallest absolute Gasteiger partial charge is 0.163 e. The molecule has 20 heavy (non-hydrogen) atoms. The number of nitrogens with one attached hydrogen (secondary N) is 1. The minimum Gasteiger partial charge on any atom is -0.308 e. The first-order chi connectivity index (χ1) is 9.60. The van der Waals surface area contributed by atoms with E-state index < -0.39 is 17.7 Å². The molecule has 1 aromatic heterocycles. The second kappa shape index (κ2) is 6.45. The minimum absolute atomic E-state index is 0.269. The van der Waals surface area contributed by atoms with Crippen LogP contribution in [0.3, 0.4) is 0 Å². The third-order valence-corrected chi connectivity index (χ3v) is 3.73. The zero-order chi connectivity index (χ0) is 14.7. The largest absolute Gasteiger partial charge is 0.308 e. The Labute approximate surface area is 125 Å². The summed E-state index contributed by atoms with van der Waals surface area (Å²) in [5.74, 6) is -1.68. The second-order valence-corrected chi connectivity index (χ2v) is 5.32. The van der Waals surface area contributed by atoms with E-state index >= 15 is 0 Å². The van der Waals surface area contributed by atoms with Gasteiger partial charge in [-0.05, 0) is 35.5 Å². The molecular formula is C14H16BrF2N3. The first-order valence-electron chi connectivity index (χ1n) is 6.42. The van der Waals surface area contributed by atoms with Gasteiger partial charge in [0.05, 0.1) is 22.4 Å². The van der Waals surface area contributed by atoms with Gasteiger partial charge in [0.25, 0.3) is 0 Å². The standard InChI is InChI=1S/C14H16BrF2N3/c1-3-7-20-14(10(15)8-19-20)13(18-2)9-5-4-6-11(16)12(9)17/h4-6,8,13,18H,3,7H2,1-2H3. The molecule has 0 aliphatic heterocycles. The summed E-state index contributed by atoms with van der Waals surface area (Å²) in [5, 5.41) is 7.30. The lowest BCUT2D eigenvalue weighted by Crippen LogP contribution is -2.23. The van der Waals surface area contributed by atoms with Gasteiger partial charge in [0.15, 0.2) is 11.6 Å². The molecule has 0 amide bonds. The highest BCUT2D eigenvalue weighted by molar-refractivity contribution is 9.10. The van der Waals surface area contributed by atoms with Gasteiger partial charge in [-0.2, -0.15) is 5.10 Å². The number of aryl methyl sites for hydroxylation is 1. The van der Waals surface area contributed by atoms with E-state index in [9.17, 15) is 8.78 Å². The highest BCUT2D eigenvalue weighted by Crippen LogP contribution is 2.30. The molecule has 108 valence electrons. The van der Waals surface area contributed by atoms with Crippen LogP contribution < -0.4 is 5.32 Å². The van der Waals surface area contributed by atoms with Crippen LogP contribution >= 0.6 is 15.9 Å². The molecule has 0 bridgehead atoms.